The number of hydrogen-bond acceptors (Lipinski definition) is 0. The fourth-order valence-electron chi connectivity index (χ4n) is 1.66. The van der Waals surface area contributed by atoms with Gasteiger partial charge in [-0.2, -0.15) is 0 Å². The van der Waals surface area contributed by atoms with E-state index in [1.54, 1.807) is 5.57 Å². The normalized spacial score (nSPS) is 17.2. The first-order valence-electron chi connectivity index (χ1n) is 4.80. The largest absolute Gasteiger partial charge is 0.102 e. The van der Waals surface area contributed by atoms with E-state index in [1.165, 1.54) is 25.7 Å². The van der Waals surface area contributed by atoms with Crippen LogP contribution in [0.25, 0.3) is 0 Å². The summed E-state index contributed by atoms with van der Waals surface area (Å²) in [6, 6.07) is 0. The molecule has 0 amide bonds. The summed E-state index contributed by atoms with van der Waals surface area (Å²) in [6.45, 7) is 7.60. The van der Waals surface area contributed by atoms with Gasteiger partial charge in [0.1, 0.15) is 0 Å². The fourth-order valence-corrected chi connectivity index (χ4v) is 1.66. The lowest BCUT2D eigenvalue weighted by Crippen LogP contribution is -1.98. The molecule has 1 aliphatic rings. The van der Waals surface area contributed by atoms with Crippen molar-refractivity contribution >= 4 is 0 Å². The molecule has 1 aliphatic carbocycles. The average Bonchev–Trinajstić information content (AvgIpc) is 2.16. The molecule has 0 aromatic heterocycles. The molecule has 1 rings (SSSR count). The Morgan fingerprint density at radius 2 is 2.08 bits per heavy atom. The lowest BCUT2D eigenvalue weighted by atomic mass is 9.91. The highest BCUT2D eigenvalue weighted by Crippen LogP contribution is 2.24. The van der Waals surface area contributed by atoms with Crippen LogP contribution in [0.5, 0.6) is 0 Å². The van der Waals surface area contributed by atoms with Gasteiger partial charge in [-0.15, -0.1) is 13.2 Å². The quantitative estimate of drug-likeness (QED) is 0.550. The van der Waals surface area contributed by atoms with Crippen molar-refractivity contribution in [3.8, 4) is 0 Å². The van der Waals surface area contributed by atoms with Crippen LogP contribution in [0.15, 0.2) is 37.0 Å². The lowest BCUT2D eigenvalue weighted by Gasteiger charge is -2.15. The topological polar surface area (TPSA) is 0 Å². The van der Waals surface area contributed by atoms with Gasteiger partial charge in [-0.25, -0.2) is 0 Å². The molecular formula is C12H18. The summed E-state index contributed by atoms with van der Waals surface area (Å²) in [5.41, 5.74) is 1.60. The summed E-state index contributed by atoms with van der Waals surface area (Å²) in [5.74, 6) is 0.481. The monoisotopic (exact) mass is 162 g/mol. The van der Waals surface area contributed by atoms with E-state index in [-0.39, 0.29) is 0 Å². The average molecular weight is 162 g/mol. The summed E-state index contributed by atoms with van der Waals surface area (Å²) >= 11 is 0. The highest BCUT2D eigenvalue weighted by molar-refractivity contribution is 5.10. The van der Waals surface area contributed by atoms with Crippen molar-refractivity contribution in [2.75, 3.05) is 0 Å². The standard InChI is InChI=1S/C12H18/c1-3-11(4-2)10-12-8-6-5-7-9-12/h3-4,8,11H,1-2,5-7,9-10H2. The predicted molar refractivity (Wildman–Crippen MR) is 55.1 cm³/mol. The van der Waals surface area contributed by atoms with Crippen molar-refractivity contribution < 1.29 is 0 Å². The zero-order valence-electron chi connectivity index (χ0n) is 7.76. The SMILES string of the molecule is C=CC(C=C)CC1=CCCCC1. The van der Waals surface area contributed by atoms with Crippen LogP contribution >= 0.6 is 0 Å². The Balaban J connectivity index is 2.42. The van der Waals surface area contributed by atoms with Crippen LogP contribution in [0.3, 0.4) is 0 Å². The van der Waals surface area contributed by atoms with Gasteiger partial charge in [0.15, 0.2) is 0 Å². The minimum atomic E-state index is 0.481. The van der Waals surface area contributed by atoms with Crippen LogP contribution in [-0.4, -0.2) is 0 Å². The van der Waals surface area contributed by atoms with Crippen LogP contribution in [-0.2, 0) is 0 Å². The fraction of sp³-hybridized carbons (Fsp3) is 0.500. The molecule has 0 aromatic carbocycles. The third-order valence-electron chi connectivity index (χ3n) is 2.49. The second-order valence-corrected chi connectivity index (χ2v) is 3.45. The smallest absolute Gasteiger partial charge is 0.00217 e. The van der Waals surface area contributed by atoms with E-state index in [1.807, 2.05) is 12.2 Å². The van der Waals surface area contributed by atoms with Gasteiger partial charge < -0.3 is 0 Å². The third-order valence-corrected chi connectivity index (χ3v) is 2.49. The highest BCUT2D eigenvalue weighted by atomic mass is 14.1. The Bertz CT molecular complexity index is 178. The number of allylic oxidation sites excluding steroid dienone is 4. The van der Waals surface area contributed by atoms with E-state index >= 15 is 0 Å². The van der Waals surface area contributed by atoms with E-state index in [2.05, 4.69) is 19.2 Å². The molecule has 0 radical (unpaired) electrons. The molecule has 0 saturated carbocycles. The van der Waals surface area contributed by atoms with Crippen LogP contribution < -0.4 is 0 Å². The van der Waals surface area contributed by atoms with Gasteiger partial charge in [0, 0.05) is 0 Å². The summed E-state index contributed by atoms with van der Waals surface area (Å²) in [6.07, 6.45) is 12.8. The predicted octanol–water partition coefficient (Wildman–Crippen LogP) is 3.87. The maximum absolute atomic E-state index is 3.80. The van der Waals surface area contributed by atoms with Crippen LogP contribution in [0.2, 0.25) is 0 Å². The van der Waals surface area contributed by atoms with Crippen LogP contribution in [0.1, 0.15) is 32.1 Å². The highest BCUT2D eigenvalue weighted by Gasteiger charge is 2.06. The Morgan fingerprint density at radius 1 is 1.33 bits per heavy atom. The molecule has 0 aromatic rings. The van der Waals surface area contributed by atoms with Crippen molar-refractivity contribution in [3.05, 3.63) is 37.0 Å². The molecule has 0 N–H and O–H groups in total. The first-order chi connectivity index (χ1) is 5.86. The molecule has 0 aliphatic heterocycles. The molecule has 0 heteroatoms. The second-order valence-electron chi connectivity index (χ2n) is 3.45. The molecule has 0 bridgehead atoms. The van der Waals surface area contributed by atoms with Crippen molar-refractivity contribution in [2.24, 2.45) is 5.92 Å². The second kappa shape index (κ2) is 4.97. The maximum Gasteiger partial charge on any atom is -0.00217 e. The van der Waals surface area contributed by atoms with E-state index in [9.17, 15) is 0 Å². The van der Waals surface area contributed by atoms with Gasteiger partial charge >= 0.3 is 0 Å². The van der Waals surface area contributed by atoms with Crippen molar-refractivity contribution in [1.82, 2.24) is 0 Å². The van der Waals surface area contributed by atoms with Gasteiger partial charge in [-0.1, -0.05) is 23.8 Å². The molecule has 0 saturated heterocycles. The third kappa shape index (κ3) is 2.69. The molecule has 12 heavy (non-hydrogen) atoms. The van der Waals surface area contributed by atoms with Crippen molar-refractivity contribution in [3.63, 3.8) is 0 Å². The molecule has 66 valence electrons. The number of hydrogen-bond donors (Lipinski definition) is 0. The summed E-state index contributed by atoms with van der Waals surface area (Å²) in [5, 5.41) is 0. The van der Waals surface area contributed by atoms with Gasteiger partial charge in [-0.05, 0) is 38.0 Å². The summed E-state index contributed by atoms with van der Waals surface area (Å²) in [7, 11) is 0. The first kappa shape index (κ1) is 9.31. The van der Waals surface area contributed by atoms with Crippen molar-refractivity contribution in [1.29, 1.82) is 0 Å². The zero-order valence-corrected chi connectivity index (χ0v) is 7.76. The van der Waals surface area contributed by atoms with Gasteiger partial charge in [0.05, 0.1) is 0 Å². The van der Waals surface area contributed by atoms with E-state index in [4.69, 9.17) is 0 Å². The Hall–Kier alpha value is -0.780. The van der Waals surface area contributed by atoms with Crippen LogP contribution in [0.4, 0.5) is 0 Å². The van der Waals surface area contributed by atoms with Gasteiger partial charge in [0.2, 0.25) is 0 Å². The maximum atomic E-state index is 3.80. The summed E-state index contributed by atoms with van der Waals surface area (Å²) in [4.78, 5) is 0. The lowest BCUT2D eigenvalue weighted by molar-refractivity contribution is 0.650. The van der Waals surface area contributed by atoms with E-state index in [0.29, 0.717) is 5.92 Å². The molecule has 0 fully saturated rings. The van der Waals surface area contributed by atoms with Gasteiger partial charge in [0.25, 0.3) is 0 Å². The number of rotatable bonds is 4. The Kier molecular flexibility index (Phi) is 3.86. The van der Waals surface area contributed by atoms with E-state index < -0.39 is 0 Å². The molecular weight excluding hydrogens is 144 g/mol. The Morgan fingerprint density at radius 3 is 2.58 bits per heavy atom. The van der Waals surface area contributed by atoms with E-state index in [0.717, 1.165) is 6.42 Å². The summed E-state index contributed by atoms with van der Waals surface area (Å²) < 4.78 is 0. The van der Waals surface area contributed by atoms with Gasteiger partial charge in [-0.3, -0.25) is 0 Å². The molecule has 0 atom stereocenters. The molecule has 0 spiro atoms. The molecule has 0 nitrogen and oxygen atoms in total. The van der Waals surface area contributed by atoms with Crippen molar-refractivity contribution in [2.45, 2.75) is 32.1 Å². The first-order valence-corrected chi connectivity index (χ1v) is 4.80. The Labute approximate surface area is 75.7 Å². The minimum Gasteiger partial charge on any atom is -0.102 e. The minimum absolute atomic E-state index is 0.481. The van der Waals surface area contributed by atoms with Crippen LogP contribution in [0, 0.1) is 5.92 Å². The molecule has 0 unspecified atom stereocenters. The zero-order chi connectivity index (χ0) is 8.81. The molecule has 0 heterocycles.